The molecule has 3 aliphatic heterocycles. The Balaban J connectivity index is 1.34. The number of nitrogens with zero attached hydrogens (tertiary/aromatic N) is 1. The fraction of sp³-hybridized carbons (Fsp3) is 0.304. The third kappa shape index (κ3) is 3.13. The van der Waals surface area contributed by atoms with Gasteiger partial charge in [0.1, 0.15) is 5.60 Å². The molecular formula is C23H20Cl2N2O3. The monoisotopic (exact) mass is 442 g/mol. The molecule has 0 unspecified atom stereocenters. The third-order valence-corrected chi connectivity index (χ3v) is 6.95. The number of likely N-dealkylation sites (tertiary alicyclic amines) is 1. The van der Waals surface area contributed by atoms with Gasteiger partial charge in [0.2, 0.25) is 11.8 Å². The number of ether oxygens (including phenoxy) is 1. The Kier molecular flexibility index (Phi) is 4.85. The van der Waals surface area contributed by atoms with Gasteiger partial charge in [-0.05, 0) is 23.3 Å². The number of hydrogen-bond donors (Lipinski definition) is 1. The first-order valence-electron chi connectivity index (χ1n) is 9.89. The van der Waals surface area contributed by atoms with E-state index in [9.17, 15) is 9.59 Å². The van der Waals surface area contributed by atoms with Crippen LogP contribution < -0.4 is 5.32 Å². The highest BCUT2D eigenvalue weighted by Crippen LogP contribution is 2.52. The highest BCUT2D eigenvalue weighted by Gasteiger charge is 2.66. The smallest absolute Gasteiger partial charge is 0.230 e. The number of amides is 2. The molecule has 2 aromatic carbocycles. The van der Waals surface area contributed by atoms with E-state index in [2.05, 4.69) is 5.32 Å². The summed E-state index contributed by atoms with van der Waals surface area (Å²) in [6, 6.07) is 14.8. The normalized spacial score (nSPS) is 28.8. The minimum Gasteiger partial charge on any atom is -0.360 e. The van der Waals surface area contributed by atoms with Crippen molar-refractivity contribution in [3.05, 3.63) is 81.9 Å². The Morgan fingerprint density at radius 2 is 1.77 bits per heavy atom. The molecule has 2 aromatic rings. The quantitative estimate of drug-likeness (QED) is 0.719. The molecule has 2 saturated heterocycles. The second-order valence-corrected chi connectivity index (χ2v) is 8.81. The first-order chi connectivity index (χ1) is 14.5. The molecule has 1 spiro atoms. The van der Waals surface area contributed by atoms with Crippen LogP contribution in [0.4, 0.5) is 0 Å². The van der Waals surface area contributed by atoms with Crippen LogP contribution >= 0.6 is 23.2 Å². The molecule has 0 aromatic heterocycles. The van der Waals surface area contributed by atoms with E-state index >= 15 is 0 Å². The summed E-state index contributed by atoms with van der Waals surface area (Å²) in [5, 5.41) is 4.16. The molecule has 1 N–H and O–H groups in total. The molecule has 154 valence electrons. The van der Waals surface area contributed by atoms with Gasteiger partial charge in [0, 0.05) is 23.1 Å². The van der Waals surface area contributed by atoms with Crippen LogP contribution in [0, 0.1) is 11.8 Å². The Labute approximate surface area is 184 Å². The van der Waals surface area contributed by atoms with Gasteiger partial charge in [-0.1, -0.05) is 71.8 Å². The maximum atomic E-state index is 13.3. The molecule has 3 heterocycles. The lowest BCUT2D eigenvalue weighted by Gasteiger charge is -2.23. The van der Waals surface area contributed by atoms with E-state index in [1.165, 1.54) is 0 Å². The van der Waals surface area contributed by atoms with Crippen molar-refractivity contribution in [3.63, 3.8) is 0 Å². The van der Waals surface area contributed by atoms with Gasteiger partial charge in [0.05, 0.1) is 24.5 Å². The molecular weight excluding hydrogens is 423 g/mol. The van der Waals surface area contributed by atoms with Gasteiger partial charge in [-0.2, -0.15) is 0 Å². The molecule has 2 fully saturated rings. The minimum atomic E-state index is -0.741. The molecule has 0 radical (unpaired) electrons. The van der Waals surface area contributed by atoms with E-state index in [0.29, 0.717) is 29.7 Å². The third-order valence-electron chi connectivity index (χ3n) is 6.21. The first-order valence-corrected chi connectivity index (χ1v) is 10.6. The number of benzene rings is 2. The largest absolute Gasteiger partial charge is 0.360 e. The van der Waals surface area contributed by atoms with Crippen molar-refractivity contribution in [2.75, 3.05) is 6.54 Å². The summed E-state index contributed by atoms with van der Waals surface area (Å²) in [5.74, 6) is -1.34. The Morgan fingerprint density at radius 3 is 2.47 bits per heavy atom. The molecule has 5 rings (SSSR count). The lowest BCUT2D eigenvalue weighted by molar-refractivity contribution is -0.137. The van der Waals surface area contributed by atoms with Crippen molar-refractivity contribution in [1.82, 2.24) is 10.2 Å². The average molecular weight is 443 g/mol. The van der Waals surface area contributed by atoms with Gasteiger partial charge in [0.15, 0.2) is 0 Å². The number of hydrogen-bond acceptors (Lipinski definition) is 3. The molecule has 2 amide bonds. The average Bonchev–Trinajstić information content (AvgIpc) is 3.37. The van der Waals surface area contributed by atoms with Crippen LogP contribution in [0.1, 0.15) is 11.1 Å². The summed E-state index contributed by atoms with van der Waals surface area (Å²) in [5.41, 5.74) is 0.970. The number of nitrogens with one attached hydrogen (secondary N) is 1. The van der Waals surface area contributed by atoms with Crippen LogP contribution in [0.15, 0.2) is 60.7 Å². The van der Waals surface area contributed by atoms with Gasteiger partial charge < -0.3 is 15.0 Å². The van der Waals surface area contributed by atoms with Gasteiger partial charge in [-0.15, -0.1) is 0 Å². The van der Waals surface area contributed by atoms with E-state index in [4.69, 9.17) is 27.9 Å². The van der Waals surface area contributed by atoms with Crippen LogP contribution in [-0.4, -0.2) is 35.0 Å². The van der Waals surface area contributed by atoms with E-state index in [-0.39, 0.29) is 17.9 Å². The summed E-state index contributed by atoms with van der Waals surface area (Å²) in [6.45, 7) is 1.12. The van der Waals surface area contributed by atoms with Crippen LogP contribution in [-0.2, 0) is 27.4 Å². The van der Waals surface area contributed by atoms with Crippen LogP contribution in [0.3, 0.4) is 0 Å². The summed E-state index contributed by atoms with van der Waals surface area (Å²) in [7, 11) is 0. The summed E-state index contributed by atoms with van der Waals surface area (Å²) in [6.07, 6.45) is 3.47. The summed E-state index contributed by atoms with van der Waals surface area (Å²) >= 11 is 12.5. The molecule has 7 heteroatoms. The Hall–Kier alpha value is -2.34. The summed E-state index contributed by atoms with van der Waals surface area (Å²) < 4.78 is 6.17. The molecule has 0 saturated carbocycles. The lowest BCUT2D eigenvalue weighted by atomic mass is 9.77. The van der Waals surface area contributed by atoms with Crippen molar-refractivity contribution < 1.29 is 14.3 Å². The second-order valence-electron chi connectivity index (χ2n) is 7.99. The Bertz CT molecular complexity index is 1060. The SMILES string of the molecule is O=C(NCc1ccccc1Cl)[C@@H]1[C@@H]2C=C[C@@]3(CN(Cc4ccccc4Cl)C(=O)[C@H]13)O2. The highest BCUT2D eigenvalue weighted by atomic mass is 35.5. The maximum Gasteiger partial charge on any atom is 0.230 e. The zero-order valence-electron chi connectivity index (χ0n) is 16.1. The van der Waals surface area contributed by atoms with E-state index in [0.717, 1.165) is 11.1 Å². The zero-order chi connectivity index (χ0) is 20.9. The standard InChI is InChI=1S/C23H20Cl2N2O3/c24-16-7-3-1-5-14(16)11-26-21(28)19-18-9-10-23(30-18)13-27(22(29)20(19)23)12-15-6-2-4-8-17(15)25/h1-10,18-20H,11-13H2,(H,26,28)/t18-,19+,20-,23-/m0/s1. The van der Waals surface area contributed by atoms with E-state index in [1.54, 1.807) is 11.0 Å². The number of rotatable bonds is 5. The van der Waals surface area contributed by atoms with Crippen molar-refractivity contribution in [2.45, 2.75) is 24.8 Å². The zero-order valence-corrected chi connectivity index (χ0v) is 17.6. The van der Waals surface area contributed by atoms with E-state index < -0.39 is 17.4 Å². The molecule has 5 nitrogen and oxygen atoms in total. The number of halogens is 2. The number of fused-ring (bicyclic) bond motifs is 1. The second kappa shape index (κ2) is 7.41. The predicted octanol–water partition coefficient (Wildman–Crippen LogP) is 3.59. The minimum absolute atomic E-state index is 0.0698. The van der Waals surface area contributed by atoms with Crippen molar-refractivity contribution >= 4 is 35.0 Å². The van der Waals surface area contributed by atoms with E-state index in [1.807, 2.05) is 54.6 Å². The summed E-state index contributed by atoms with van der Waals surface area (Å²) in [4.78, 5) is 28.1. The predicted molar refractivity (Wildman–Crippen MR) is 114 cm³/mol. The van der Waals surface area contributed by atoms with Crippen LogP contribution in [0.25, 0.3) is 0 Å². The highest BCUT2D eigenvalue weighted by molar-refractivity contribution is 6.31. The van der Waals surface area contributed by atoms with Crippen LogP contribution in [0.2, 0.25) is 10.0 Å². The molecule has 30 heavy (non-hydrogen) atoms. The first kappa shape index (κ1) is 19.6. The lowest BCUT2D eigenvalue weighted by Crippen LogP contribution is -2.43. The molecule has 3 aliphatic rings. The molecule has 2 bridgehead atoms. The van der Waals surface area contributed by atoms with Gasteiger partial charge in [-0.3, -0.25) is 9.59 Å². The fourth-order valence-corrected chi connectivity index (χ4v) is 5.18. The van der Waals surface area contributed by atoms with Gasteiger partial charge in [-0.25, -0.2) is 0 Å². The van der Waals surface area contributed by atoms with Crippen molar-refractivity contribution in [1.29, 1.82) is 0 Å². The Morgan fingerprint density at radius 1 is 1.10 bits per heavy atom. The topological polar surface area (TPSA) is 58.6 Å². The van der Waals surface area contributed by atoms with Gasteiger partial charge in [0.25, 0.3) is 0 Å². The number of carbonyl (C=O) groups excluding carboxylic acids is 2. The fourth-order valence-electron chi connectivity index (χ4n) is 4.79. The van der Waals surface area contributed by atoms with Crippen LogP contribution in [0.5, 0.6) is 0 Å². The van der Waals surface area contributed by atoms with Crippen molar-refractivity contribution in [2.24, 2.45) is 11.8 Å². The van der Waals surface area contributed by atoms with Gasteiger partial charge >= 0.3 is 0 Å². The molecule has 4 atom stereocenters. The number of carbonyl (C=O) groups is 2. The van der Waals surface area contributed by atoms with Crippen molar-refractivity contribution in [3.8, 4) is 0 Å². The maximum absolute atomic E-state index is 13.3. The molecule has 0 aliphatic carbocycles.